The van der Waals surface area contributed by atoms with Crippen LogP contribution in [0, 0.1) is 0 Å². The van der Waals surface area contributed by atoms with Gasteiger partial charge in [0.2, 0.25) is 0 Å². The normalized spacial score (nSPS) is 21.6. The maximum Gasteiger partial charge on any atom is 0.319 e. The van der Waals surface area contributed by atoms with Crippen molar-refractivity contribution >= 4 is 29.0 Å². The van der Waals surface area contributed by atoms with E-state index in [9.17, 15) is 4.79 Å². The van der Waals surface area contributed by atoms with Crippen molar-refractivity contribution in [3.8, 4) is 5.75 Å². The third-order valence-corrected chi connectivity index (χ3v) is 6.88. The summed E-state index contributed by atoms with van der Waals surface area (Å²) in [5.74, 6) is 0.975. The van der Waals surface area contributed by atoms with Gasteiger partial charge in [-0.05, 0) is 63.8 Å². The molecule has 7 heteroatoms. The van der Waals surface area contributed by atoms with Gasteiger partial charge in [0, 0.05) is 38.3 Å². The molecule has 0 radical (unpaired) electrons. The van der Waals surface area contributed by atoms with E-state index in [1.54, 1.807) is 6.07 Å². The van der Waals surface area contributed by atoms with Gasteiger partial charge in [0.15, 0.2) is 0 Å². The monoisotopic (exact) mass is 470 g/mol. The topological polar surface area (TPSA) is 56.8 Å². The maximum atomic E-state index is 12.4. The number of carbonyl (C=O) groups excluding carboxylic acids is 1. The summed E-state index contributed by atoms with van der Waals surface area (Å²) in [6, 6.07) is 16.3. The minimum Gasteiger partial charge on any atom is -0.489 e. The number of nitrogens with one attached hydrogen (secondary N) is 2. The lowest BCUT2D eigenvalue weighted by atomic mass is 9.90. The summed E-state index contributed by atoms with van der Waals surface area (Å²) in [6.07, 6.45) is 4.41. The highest BCUT2D eigenvalue weighted by molar-refractivity contribution is 6.33. The van der Waals surface area contributed by atoms with Gasteiger partial charge in [-0.1, -0.05) is 35.9 Å². The van der Waals surface area contributed by atoms with Crippen LogP contribution in [0.5, 0.6) is 5.75 Å². The van der Waals surface area contributed by atoms with Crippen molar-refractivity contribution in [2.45, 2.75) is 57.7 Å². The number of para-hydroxylation sites is 3. The molecule has 2 aromatic carbocycles. The summed E-state index contributed by atoms with van der Waals surface area (Å²) in [5.41, 5.74) is 1.84. The van der Waals surface area contributed by atoms with Crippen LogP contribution in [-0.2, 0) is 0 Å². The average Bonchev–Trinajstić information content (AvgIpc) is 2.81. The van der Waals surface area contributed by atoms with E-state index < -0.39 is 0 Å². The molecule has 1 aliphatic carbocycles. The second kappa shape index (κ2) is 11.1. The van der Waals surface area contributed by atoms with Gasteiger partial charge < -0.3 is 20.3 Å². The highest BCUT2D eigenvalue weighted by atomic mass is 35.5. The lowest BCUT2D eigenvalue weighted by Crippen LogP contribution is -2.52. The number of benzene rings is 2. The summed E-state index contributed by atoms with van der Waals surface area (Å²) in [7, 11) is 0. The number of urea groups is 1. The zero-order valence-corrected chi connectivity index (χ0v) is 20.4. The number of ether oxygens (including phenoxy) is 1. The molecule has 1 heterocycles. The van der Waals surface area contributed by atoms with Crippen molar-refractivity contribution < 1.29 is 9.53 Å². The Balaban J connectivity index is 1.22. The smallest absolute Gasteiger partial charge is 0.319 e. The Morgan fingerprint density at radius 2 is 1.64 bits per heavy atom. The second-order valence-corrected chi connectivity index (χ2v) is 9.65. The number of amides is 2. The molecule has 4 rings (SSSR count). The van der Waals surface area contributed by atoms with Gasteiger partial charge in [-0.25, -0.2) is 4.79 Å². The third-order valence-electron chi connectivity index (χ3n) is 6.55. The first-order chi connectivity index (χ1) is 16.0. The molecule has 2 amide bonds. The summed E-state index contributed by atoms with van der Waals surface area (Å²) >= 11 is 6.14. The standard InChI is InChI=1S/C26H35ClN4O2/c1-19(2)33-25-10-6-5-9-24(25)31-17-15-30(16-18-31)21-13-11-20(12-14-21)28-26(32)29-23-8-4-3-7-22(23)27/h3-10,19-21H,11-18H2,1-2H3,(H2,28,29,32)/t20-,21+. The second-order valence-electron chi connectivity index (χ2n) is 9.24. The first kappa shape index (κ1) is 23.7. The molecule has 0 unspecified atom stereocenters. The molecule has 1 saturated heterocycles. The van der Waals surface area contributed by atoms with Crippen LogP contribution in [0.2, 0.25) is 5.02 Å². The quantitative estimate of drug-likeness (QED) is 0.595. The molecule has 1 saturated carbocycles. The Labute approximate surface area is 202 Å². The first-order valence-electron chi connectivity index (χ1n) is 12.1. The van der Waals surface area contributed by atoms with E-state index in [2.05, 4.69) is 52.5 Å². The van der Waals surface area contributed by atoms with E-state index >= 15 is 0 Å². The SMILES string of the molecule is CC(C)Oc1ccccc1N1CCN([C@H]2CC[C@@H](NC(=O)Nc3ccccc3Cl)CC2)CC1. The van der Waals surface area contributed by atoms with Crippen LogP contribution in [0.25, 0.3) is 0 Å². The van der Waals surface area contributed by atoms with Crippen molar-refractivity contribution in [1.82, 2.24) is 10.2 Å². The predicted molar refractivity (Wildman–Crippen MR) is 136 cm³/mol. The van der Waals surface area contributed by atoms with E-state index in [1.807, 2.05) is 24.3 Å². The molecule has 0 aromatic heterocycles. The molecule has 0 spiro atoms. The number of rotatable bonds is 6. The van der Waals surface area contributed by atoms with Gasteiger partial charge >= 0.3 is 6.03 Å². The van der Waals surface area contributed by atoms with Crippen LogP contribution >= 0.6 is 11.6 Å². The zero-order valence-electron chi connectivity index (χ0n) is 19.6. The molecular formula is C26H35ClN4O2. The molecule has 1 aliphatic heterocycles. The van der Waals surface area contributed by atoms with Gasteiger partial charge in [-0.15, -0.1) is 0 Å². The van der Waals surface area contributed by atoms with Crippen LogP contribution in [0.15, 0.2) is 48.5 Å². The Morgan fingerprint density at radius 1 is 0.970 bits per heavy atom. The van der Waals surface area contributed by atoms with Crippen molar-refractivity contribution in [2.24, 2.45) is 0 Å². The van der Waals surface area contributed by atoms with Crippen LogP contribution in [-0.4, -0.2) is 55.3 Å². The highest BCUT2D eigenvalue weighted by Crippen LogP contribution is 2.31. The number of hydrogen-bond donors (Lipinski definition) is 2. The zero-order chi connectivity index (χ0) is 23.2. The molecule has 33 heavy (non-hydrogen) atoms. The average molecular weight is 471 g/mol. The minimum absolute atomic E-state index is 0.169. The summed E-state index contributed by atoms with van der Waals surface area (Å²) in [6.45, 7) is 8.28. The number of carbonyl (C=O) groups is 1. The minimum atomic E-state index is -0.178. The van der Waals surface area contributed by atoms with Gasteiger partial charge in [0.05, 0.1) is 22.5 Å². The van der Waals surface area contributed by atoms with Crippen molar-refractivity contribution in [3.63, 3.8) is 0 Å². The number of halogens is 1. The van der Waals surface area contributed by atoms with Crippen molar-refractivity contribution in [3.05, 3.63) is 53.6 Å². The maximum absolute atomic E-state index is 12.4. The highest BCUT2D eigenvalue weighted by Gasteiger charge is 2.29. The summed E-state index contributed by atoms with van der Waals surface area (Å²) in [4.78, 5) is 17.4. The van der Waals surface area contributed by atoms with Crippen molar-refractivity contribution in [2.75, 3.05) is 36.4 Å². The van der Waals surface area contributed by atoms with E-state index in [4.69, 9.17) is 16.3 Å². The Morgan fingerprint density at radius 3 is 2.33 bits per heavy atom. The van der Waals surface area contributed by atoms with Gasteiger partial charge in [0.1, 0.15) is 5.75 Å². The number of anilines is 2. The molecule has 2 N–H and O–H groups in total. The van der Waals surface area contributed by atoms with E-state index in [0.29, 0.717) is 16.8 Å². The van der Waals surface area contributed by atoms with Crippen LogP contribution in [0.4, 0.5) is 16.2 Å². The first-order valence-corrected chi connectivity index (χ1v) is 12.4. The molecule has 6 nitrogen and oxygen atoms in total. The van der Waals surface area contributed by atoms with Gasteiger partial charge in [-0.3, -0.25) is 4.90 Å². The Kier molecular flexibility index (Phi) is 7.99. The fourth-order valence-corrected chi connectivity index (χ4v) is 5.07. The number of hydrogen-bond acceptors (Lipinski definition) is 4. The Hall–Kier alpha value is -2.44. The molecule has 2 aliphatic rings. The van der Waals surface area contributed by atoms with Crippen LogP contribution in [0.1, 0.15) is 39.5 Å². The van der Waals surface area contributed by atoms with E-state index in [1.165, 1.54) is 5.69 Å². The summed E-state index contributed by atoms with van der Waals surface area (Å²) < 4.78 is 6.03. The molecule has 178 valence electrons. The lowest BCUT2D eigenvalue weighted by Gasteiger charge is -2.43. The Bertz CT molecular complexity index is 922. The van der Waals surface area contributed by atoms with Gasteiger partial charge in [-0.2, -0.15) is 0 Å². The van der Waals surface area contributed by atoms with Crippen molar-refractivity contribution in [1.29, 1.82) is 0 Å². The third kappa shape index (κ3) is 6.33. The lowest BCUT2D eigenvalue weighted by molar-refractivity contribution is 0.137. The summed E-state index contributed by atoms with van der Waals surface area (Å²) in [5, 5.41) is 6.53. The largest absolute Gasteiger partial charge is 0.489 e. The van der Waals surface area contributed by atoms with Crippen LogP contribution in [0.3, 0.4) is 0 Å². The van der Waals surface area contributed by atoms with Gasteiger partial charge in [0.25, 0.3) is 0 Å². The van der Waals surface area contributed by atoms with E-state index in [0.717, 1.165) is 57.6 Å². The number of nitrogens with zero attached hydrogens (tertiary/aromatic N) is 2. The van der Waals surface area contributed by atoms with E-state index in [-0.39, 0.29) is 18.2 Å². The predicted octanol–water partition coefficient (Wildman–Crippen LogP) is 5.38. The molecule has 0 bridgehead atoms. The molecule has 2 aromatic rings. The van der Waals surface area contributed by atoms with Crippen LogP contribution < -0.4 is 20.3 Å². The number of piperazine rings is 1. The molecule has 2 fully saturated rings. The fraction of sp³-hybridized carbons (Fsp3) is 0.500. The molecular weight excluding hydrogens is 436 g/mol. The molecule has 0 atom stereocenters. The fourth-order valence-electron chi connectivity index (χ4n) is 4.89.